The van der Waals surface area contributed by atoms with Crippen molar-refractivity contribution in [2.24, 2.45) is 0 Å². The van der Waals surface area contributed by atoms with E-state index in [-0.39, 0.29) is 23.0 Å². The number of carbonyl (C=O) groups excluding carboxylic acids is 1. The van der Waals surface area contributed by atoms with E-state index in [9.17, 15) is 14.0 Å². The molecule has 3 aromatic heterocycles. The van der Waals surface area contributed by atoms with E-state index in [1.165, 1.54) is 55.9 Å². The molecule has 0 saturated heterocycles. The number of fused-ring (bicyclic) bond motifs is 1. The van der Waals surface area contributed by atoms with E-state index in [4.69, 9.17) is 9.47 Å². The van der Waals surface area contributed by atoms with Crippen molar-refractivity contribution in [2.75, 3.05) is 12.4 Å². The molecule has 8 nitrogen and oxygen atoms in total. The van der Waals surface area contributed by atoms with Crippen LogP contribution in [-0.4, -0.2) is 27.6 Å². The van der Waals surface area contributed by atoms with Crippen LogP contribution in [0, 0.1) is 18.6 Å². The lowest BCUT2D eigenvalue weighted by Gasteiger charge is -2.17. The predicted octanol–water partition coefficient (Wildman–Crippen LogP) is 6.43. The molecule has 3 heterocycles. The van der Waals surface area contributed by atoms with E-state index in [2.05, 4.69) is 15.3 Å². The Hall–Kier alpha value is -5.12. The number of halogens is 2. The molecule has 0 aliphatic heterocycles. The summed E-state index contributed by atoms with van der Waals surface area (Å²) in [4.78, 5) is 35.2. The number of benzene rings is 2. The molecule has 2 aromatic carbocycles. The molecule has 6 rings (SSSR count). The maximum Gasteiger partial charge on any atom is 0.261 e. The van der Waals surface area contributed by atoms with Crippen LogP contribution in [0.3, 0.4) is 0 Å². The molecule has 1 amide bonds. The average molecular weight is 555 g/mol. The molecule has 0 unspecified atom stereocenters. The van der Waals surface area contributed by atoms with Crippen LogP contribution in [0.4, 0.5) is 14.5 Å². The van der Waals surface area contributed by atoms with Crippen LogP contribution in [0.5, 0.6) is 17.4 Å². The number of pyridine rings is 3. The number of nitrogens with zero attached hydrogens (tertiary/aromatic N) is 3. The highest BCUT2D eigenvalue weighted by molar-refractivity contribution is 6.04. The molecule has 1 aliphatic rings. The van der Waals surface area contributed by atoms with Crippen molar-refractivity contribution in [3.63, 3.8) is 0 Å². The summed E-state index contributed by atoms with van der Waals surface area (Å²) < 4.78 is 41.6. The van der Waals surface area contributed by atoms with Gasteiger partial charge in [-0.2, -0.15) is 0 Å². The molecule has 5 aromatic rings. The highest BCUT2D eigenvalue weighted by Gasteiger charge is 2.28. The number of nitrogens with one attached hydrogen (secondary N) is 1. The van der Waals surface area contributed by atoms with Gasteiger partial charge in [0, 0.05) is 52.9 Å². The molecule has 0 bridgehead atoms. The minimum atomic E-state index is -0.722. The van der Waals surface area contributed by atoms with Gasteiger partial charge in [-0.3, -0.25) is 14.6 Å². The second kappa shape index (κ2) is 10.5. The van der Waals surface area contributed by atoms with Gasteiger partial charge < -0.3 is 19.4 Å². The van der Waals surface area contributed by atoms with Gasteiger partial charge in [0.2, 0.25) is 11.3 Å². The highest BCUT2D eigenvalue weighted by atomic mass is 19.1. The standard InChI is InChI=1S/C31H24F2N4O4/c1-17-29(18-3-5-19(32)6-4-18)30(38)23(16-37(17)21-8-9-21)31(39)36-20-7-10-27(24(33)13-20)41-26-11-12-34-25-15-35-28(40-2)14-22(25)26/h3-7,10-16,21H,8-9H2,1-2H3,(H,36,39). The van der Waals surface area contributed by atoms with Crippen molar-refractivity contribution in [3.05, 3.63) is 106 Å². The fourth-order valence-corrected chi connectivity index (χ4v) is 4.76. The summed E-state index contributed by atoms with van der Waals surface area (Å²) in [5, 5.41) is 3.21. The number of amides is 1. The molecule has 0 atom stereocenters. The van der Waals surface area contributed by atoms with Crippen molar-refractivity contribution in [2.45, 2.75) is 25.8 Å². The van der Waals surface area contributed by atoms with E-state index in [1.54, 1.807) is 18.3 Å². The lowest BCUT2D eigenvalue weighted by molar-refractivity contribution is 0.102. The minimum absolute atomic E-state index is 0.0729. The molecule has 10 heteroatoms. The Labute approximate surface area is 233 Å². The first-order chi connectivity index (χ1) is 19.8. The molecular formula is C31H24F2N4O4. The SMILES string of the molecule is COc1cc2c(Oc3ccc(NC(=O)c4cn(C5CC5)c(C)c(-c5ccc(F)cc5)c4=O)cc3F)ccnc2cn1. The van der Waals surface area contributed by atoms with E-state index in [1.807, 2.05) is 11.5 Å². The number of anilines is 1. The number of rotatable bonds is 7. The fraction of sp³-hybridized carbons (Fsp3) is 0.161. The maximum absolute atomic E-state index is 15.1. The van der Waals surface area contributed by atoms with Crippen molar-refractivity contribution in [1.29, 1.82) is 0 Å². The van der Waals surface area contributed by atoms with Gasteiger partial charge in [-0.25, -0.2) is 13.8 Å². The Kier molecular flexibility index (Phi) is 6.66. The largest absolute Gasteiger partial charge is 0.481 e. The Morgan fingerprint density at radius 1 is 1.02 bits per heavy atom. The summed E-state index contributed by atoms with van der Waals surface area (Å²) in [5.41, 5.74) is 1.66. The second-order valence-electron chi connectivity index (χ2n) is 9.73. The normalized spacial score (nSPS) is 12.8. The van der Waals surface area contributed by atoms with Crippen LogP contribution in [0.1, 0.15) is 34.9 Å². The van der Waals surface area contributed by atoms with Gasteiger partial charge in [0.05, 0.1) is 18.8 Å². The molecule has 206 valence electrons. The summed E-state index contributed by atoms with van der Waals surface area (Å²) >= 11 is 0. The van der Waals surface area contributed by atoms with Crippen LogP contribution in [0.25, 0.3) is 22.0 Å². The smallest absolute Gasteiger partial charge is 0.261 e. The van der Waals surface area contributed by atoms with Crippen LogP contribution in [0.2, 0.25) is 0 Å². The molecule has 41 heavy (non-hydrogen) atoms. The highest BCUT2D eigenvalue weighted by Crippen LogP contribution is 2.37. The van der Waals surface area contributed by atoms with Crippen LogP contribution in [-0.2, 0) is 0 Å². The van der Waals surface area contributed by atoms with E-state index in [0.29, 0.717) is 39.4 Å². The summed E-state index contributed by atoms with van der Waals surface area (Å²) in [7, 11) is 1.49. The third kappa shape index (κ3) is 5.11. The zero-order valence-corrected chi connectivity index (χ0v) is 22.2. The Balaban J connectivity index is 1.29. The third-order valence-corrected chi connectivity index (χ3v) is 6.99. The minimum Gasteiger partial charge on any atom is -0.481 e. The van der Waals surface area contributed by atoms with Crippen LogP contribution >= 0.6 is 0 Å². The Bertz CT molecular complexity index is 1870. The van der Waals surface area contributed by atoms with Crippen molar-refractivity contribution in [3.8, 4) is 28.5 Å². The topological polar surface area (TPSA) is 95.3 Å². The van der Waals surface area contributed by atoms with Crippen LogP contribution < -0.4 is 20.2 Å². The zero-order chi connectivity index (χ0) is 28.7. The number of methoxy groups -OCH3 is 1. The van der Waals surface area contributed by atoms with Crippen molar-refractivity contribution < 1.29 is 23.0 Å². The first-order valence-corrected chi connectivity index (χ1v) is 12.9. The monoisotopic (exact) mass is 554 g/mol. The average Bonchev–Trinajstić information content (AvgIpc) is 3.81. The molecular weight excluding hydrogens is 530 g/mol. The first-order valence-electron chi connectivity index (χ1n) is 12.9. The van der Waals surface area contributed by atoms with Gasteiger partial charge in [-0.05, 0) is 55.7 Å². The van der Waals surface area contributed by atoms with Crippen molar-refractivity contribution in [1.82, 2.24) is 14.5 Å². The lowest BCUT2D eigenvalue weighted by atomic mass is 10.0. The van der Waals surface area contributed by atoms with Gasteiger partial charge in [0.1, 0.15) is 17.1 Å². The molecule has 1 aliphatic carbocycles. The van der Waals surface area contributed by atoms with Gasteiger partial charge >= 0.3 is 0 Å². The van der Waals surface area contributed by atoms with E-state index >= 15 is 4.39 Å². The third-order valence-electron chi connectivity index (χ3n) is 6.99. The summed E-state index contributed by atoms with van der Waals surface area (Å²) in [5.74, 6) is -1.20. The zero-order valence-electron chi connectivity index (χ0n) is 22.2. The number of ether oxygens (including phenoxy) is 2. The second-order valence-corrected chi connectivity index (χ2v) is 9.73. The van der Waals surface area contributed by atoms with Gasteiger partial charge in [0.25, 0.3) is 5.91 Å². The maximum atomic E-state index is 15.1. The summed E-state index contributed by atoms with van der Waals surface area (Å²) in [6.45, 7) is 1.81. The molecule has 1 saturated carbocycles. The van der Waals surface area contributed by atoms with Gasteiger partial charge in [-0.1, -0.05) is 12.1 Å². The summed E-state index contributed by atoms with van der Waals surface area (Å²) in [6.07, 6.45) is 6.45. The Morgan fingerprint density at radius 3 is 2.51 bits per heavy atom. The van der Waals surface area contributed by atoms with Gasteiger partial charge in [0.15, 0.2) is 11.6 Å². The molecule has 0 radical (unpaired) electrons. The number of hydrogen-bond donors (Lipinski definition) is 1. The summed E-state index contributed by atoms with van der Waals surface area (Å²) in [6, 6.07) is 13.0. The van der Waals surface area contributed by atoms with E-state index in [0.717, 1.165) is 18.9 Å². The first kappa shape index (κ1) is 26.1. The number of hydrogen-bond acceptors (Lipinski definition) is 6. The quantitative estimate of drug-likeness (QED) is 0.249. The fourth-order valence-electron chi connectivity index (χ4n) is 4.76. The Morgan fingerprint density at radius 2 is 1.80 bits per heavy atom. The van der Waals surface area contributed by atoms with E-state index < -0.39 is 23.0 Å². The number of carbonyl (C=O) groups is 1. The predicted molar refractivity (Wildman–Crippen MR) is 150 cm³/mol. The number of aromatic nitrogens is 3. The molecule has 1 fully saturated rings. The molecule has 1 N–H and O–H groups in total. The molecule has 0 spiro atoms. The van der Waals surface area contributed by atoms with Crippen LogP contribution in [0.15, 0.2) is 78.0 Å². The van der Waals surface area contributed by atoms with Gasteiger partial charge in [-0.15, -0.1) is 0 Å². The van der Waals surface area contributed by atoms with Crippen molar-refractivity contribution >= 4 is 22.5 Å². The lowest BCUT2D eigenvalue weighted by Crippen LogP contribution is -2.26.